The third-order valence-corrected chi connectivity index (χ3v) is 4.30. The lowest BCUT2D eigenvalue weighted by molar-refractivity contribution is 0.0512. The van der Waals surface area contributed by atoms with E-state index in [0.717, 1.165) is 6.42 Å². The van der Waals surface area contributed by atoms with Gasteiger partial charge in [0.25, 0.3) is 11.8 Å². The Labute approximate surface area is 141 Å². The molecule has 0 bridgehead atoms. The lowest BCUT2D eigenvalue weighted by Crippen LogP contribution is -2.50. The molecular formula is C18H21N3O3. The zero-order valence-corrected chi connectivity index (χ0v) is 14.0. The van der Waals surface area contributed by atoms with Crippen LogP contribution in [0.1, 0.15) is 39.1 Å². The van der Waals surface area contributed by atoms with Gasteiger partial charge in [-0.25, -0.2) is 0 Å². The summed E-state index contributed by atoms with van der Waals surface area (Å²) in [6, 6.07) is 9.35. The molecule has 0 unspecified atom stereocenters. The summed E-state index contributed by atoms with van der Waals surface area (Å²) >= 11 is 0. The van der Waals surface area contributed by atoms with E-state index in [-0.39, 0.29) is 17.6 Å². The van der Waals surface area contributed by atoms with Crippen LogP contribution < -0.4 is 0 Å². The molecule has 2 heterocycles. The fraction of sp³-hybridized carbons (Fsp3) is 0.389. The second-order valence-electron chi connectivity index (χ2n) is 5.97. The maximum Gasteiger partial charge on any atom is 0.292 e. The largest absolute Gasteiger partial charge is 0.351 e. The molecule has 2 amide bonds. The van der Waals surface area contributed by atoms with Crippen molar-refractivity contribution in [2.24, 2.45) is 0 Å². The van der Waals surface area contributed by atoms with E-state index >= 15 is 0 Å². The first kappa shape index (κ1) is 16.2. The summed E-state index contributed by atoms with van der Waals surface area (Å²) in [4.78, 5) is 28.3. The van der Waals surface area contributed by atoms with Crippen LogP contribution in [-0.4, -0.2) is 52.9 Å². The molecule has 6 nitrogen and oxygen atoms in total. The van der Waals surface area contributed by atoms with Crippen molar-refractivity contribution in [1.82, 2.24) is 15.0 Å². The molecule has 24 heavy (non-hydrogen) atoms. The van der Waals surface area contributed by atoms with Gasteiger partial charge >= 0.3 is 0 Å². The molecule has 0 saturated carbocycles. The van der Waals surface area contributed by atoms with E-state index in [9.17, 15) is 9.59 Å². The van der Waals surface area contributed by atoms with E-state index in [1.165, 1.54) is 5.56 Å². The third-order valence-electron chi connectivity index (χ3n) is 4.30. The predicted molar refractivity (Wildman–Crippen MR) is 88.9 cm³/mol. The van der Waals surface area contributed by atoms with Gasteiger partial charge in [0.15, 0.2) is 0 Å². The highest BCUT2D eigenvalue weighted by molar-refractivity contribution is 5.95. The topological polar surface area (TPSA) is 66.7 Å². The molecule has 0 spiro atoms. The minimum absolute atomic E-state index is 0.0141. The minimum atomic E-state index is -0.171. The van der Waals surface area contributed by atoms with E-state index in [1.807, 2.05) is 24.3 Å². The van der Waals surface area contributed by atoms with Crippen LogP contribution in [0, 0.1) is 6.92 Å². The number of amides is 2. The zero-order valence-electron chi connectivity index (χ0n) is 14.0. The number of nitrogens with zero attached hydrogens (tertiary/aromatic N) is 3. The number of carbonyl (C=O) groups excluding carboxylic acids is 2. The predicted octanol–water partition coefficient (Wildman–Crippen LogP) is 2.14. The Balaban J connectivity index is 1.59. The maximum absolute atomic E-state index is 12.5. The number of hydrogen-bond donors (Lipinski definition) is 0. The molecule has 1 fully saturated rings. The molecule has 0 N–H and O–H groups in total. The van der Waals surface area contributed by atoms with E-state index < -0.39 is 0 Å². The van der Waals surface area contributed by atoms with Gasteiger partial charge in [-0.2, -0.15) is 0 Å². The normalized spacial score (nSPS) is 14.8. The van der Waals surface area contributed by atoms with Crippen LogP contribution in [0.15, 0.2) is 34.9 Å². The molecule has 2 aromatic rings. The van der Waals surface area contributed by atoms with Crippen molar-refractivity contribution < 1.29 is 14.1 Å². The van der Waals surface area contributed by atoms with Gasteiger partial charge in [-0.15, -0.1) is 0 Å². The Morgan fingerprint density at radius 1 is 1.04 bits per heavy atom. The Bertz CT molecular complexity index is 728. The van der Waals surface area contributed by atoms with Crippen LogP contribution in [0.2, 0.25) is 0 Å². The number of aromatic nitrogens is 1. The molecule has 3 rings (SSSR count). The van der Waals surface area contributed by atoms with E-state index in [2.05, 4.69) is 12.1 Å². The molecule has 1 aromatic heterocycles. The van der Waals surface area contributed by atoms with Crippen molar-refractivity contribution in [3.8, 4) is 0 Å². The van der Waals surface area contributed by atoms with Crippen LogP contribution in [0.25, 0.3) is 0 Å². The van der Waals surface area contributed by atoms with Gasteiger partial charge in [-0.1, -0.05) is 24.2 Å². The molecule has 1 aliphatic heterocycles. The van der Waals surface area contributed by atoms with Crippen LogP contribution in [0.4, 0.5) is 0 Å². The van der Waals surface area contributed by atoms with Crippen molar-refractivity contribution in [3.63, 3.8) is 0 Å². The highest BCUT2D eigenvalue weighted by Gasteiger charge is 2.27. The summed E-state index contributed by atoms with van der Waals surface area (Å²) in [7, 11) is 0. The summed E-state index contributed by atoms with van der Waals surface area (Å²) in [6.07, 6.45) is 0.955. The van der Waals surface area contributed by atoms with E-state index in [1.54, 1.807) is 22.8 Å². The summed E-state index contributed by atoms with van der Waals surface area (Å²) in [5, 5.41) is 3.74. The molecular weight excluding hydrogens is 306 g/mol. The van der Waals surface area contributed by atoms with Crippen LogP contribution in [0.5, 0.6) is 0 Å². The number of piperazine rings is 1. The Morgan fingerprint density at radius 2 is 1.62 bits per heavy atom. The molecule has 0 atom stereocenters. The first-order valence-electron chi connectivity index (χ1n) is 8.19. The summed E-state index contributed by atoms with van der Waals surface area (Å²) in [5.41, 5.74) is 2.59. The quantitative estimate of drug-likeness (QED) is 0.866. The average Bonchev–Trinajstić information content (AvgIpc) is 3.07. The van der Waals surface area contributed by atoms with Gasteiger partial charge in [0.2, 0.25) is 5.76 Å². The van der Waals surface area contributed by atoms with Gasteiger partial charge < -0.3 is 14.3 Å². The Kier molecular flexibility index (Phi) is 4.64. The average molecular weight is 327 g/mol. The molecule has 0 aliphatic carbocycles. The fourth-order valence-electron chi connectivity index (χ4n) is 2.80. The zero-order chi connectivity index (χ0) is 17.1. The number of benzene rings is 1. The first-order valence-corrected chi connectivity index (χ1v) is 8.19. The molecule has 1 aliphatic rings. The number of rotatable bonds is 3. The standard InChI is InChI=1S/C18H21N3O3/c1-3-14-4-6-15(7-5-14)17(22)20-8-10-21(11-9-20)18(23)16-12-13(2)19-24-16/h4-7,12H,3,8-11H2,1-2H3. The summed E-state index contributed by atoms with van der Waals surface area (Å²) < 4.78 is 5.02. The smallest absolute Gasteiger partial charge is 0.292 e. The highest BCUT2D eigenvalue weighted by atomic mass is 16.5. The molecule has 1 saturated heterocycles. The second-order valence-corrected chi connectivity index (χ2v) is 5.97. The van der Waals surface area contributed by atoms with Crippen LogP contribution >= 0.6 is 0 Å². The second kappa shape index (κ2) is 6.86. The summed E-state index contributed by atoms with van der Waals surface area (Å²) in [6.45, 7) is 5.90. The molecule has 126 valence electrons. The first-order chi connectivity index (χ1) is 11.6. The lowest BCUT2D eigenvalue weighted by atomic mass is 10.1. The Morgan fingerprint density at radius 3 is 2.12 bits per heavy atom. The van der Waals surface area contributed by atoms with Crippen molar-refractivity contribution in [2.75, 3.05) is 26.2 Å². The molecule has 0 radical (unpaired) electrons. The number of aryl methyl sites for hydroxylation is 2. The van der Waals surface area contributed by atoms with E-state index in [0.29, 0.717) is 37.4 Å². The van der Waals surface area contributed by atoms with Gasteiger partial charge in [0.05, 0.1) is 5.69 Å². The summed E-state index contributed by atoms with van der Waals surface area (Å²) in [5.74, 6) is 0.0951. The van der Waals surface area contributed by atoms with Crippen LogP contribution in [-0.2, 0) is 6.42 Å². The van der Waals surface area contributed by atoms with Crippen molar-refractivity contribution in [2.45, 2.75) is 20.3 Å². The molecule has 6 heteroatoms. The SMILES string of the molecule is CCc1ccc(C(=O)N2CCN(C(=O)c3cc(C)no3)CC2)cc1. The van der Waals surface area contributed by atoms with Gasteiger partial charge in [-0.3, -0.25) is 9.59 Å². The van der Waals surface area contributed by atoms with E-state index in [4.69, 9.17) is 4.52 Å². The fourth-order valence-corrected chi connectivity index (χ4v) is 2.80. The Hall–Kier alpha value is -2.63. The minimum Gasteiger partial charge on any atom is -0.351 e. The van der Waals surface area contributed by atoms with Gasteiger partial charge in [0, 0.05) is 37.8 Å². The third kappa shape index (κ3) is 3.32. The molecule has 1 aromatic carbocycles. The lowest BCUT2D eigenvalue weighted by Gasteiger charge is -2.34. The van der Waals surface area contributed by atoms with Crippen molar-refractivity contribution in [1.29, 1.82) is 0 Å². The monoisotopic (exact) mass is 327 g/mol. The maximum atomic E-state index is 12.5. The van der Waals surface area contributed by atoms with Gasteiger partial charge in [-0.05, 0) is 31.0 Å². The number of hydrogen-bond acceptors (Lipinski definition) is 4. The van der Waals surface area contributed by atoms with Crippen molar-refractivity contribution >= 4 is 11.8 Å². The highest BCUT2D eigenvalue weighted by Crippen LogP contribution is 2.13. The van der Waals surface area contributed by atoms with Gasteiger partial charge in [0.1, 0.15) is 0 Å². The van der Waals surface area contributed by atoms with Crippen molar-refractivity contribution in [3.05, 3.63) is 52.9 Å². The van der Waals surface area contributed by atoms with Crippen LogP contribution in [0.3, 0.4) is 0 Å². The number of carbonyl (C=O) groups is 2.